The third kappa shape index (κ3) is 3.22. The van der Waals surface area contributed by atoms with Crippen molar-refractivity contribution in [2.24, 2.45) is 18.8 Å². The van der Waals surface area contributed by atoms with E-state index in [-0.39, 0.29) is 11.6 Å². The molecule has 1 aliphatic carbocycles. The highest BCUT2D eigenvalue weighted by Gasteiger charge is 2.40. The molecule has 114 valence electrons. The van der Waals surface area contributed by atoms with Gasteiger partial charge in [-0.2, -0.15) is 5.10 Å². The Morgan fingerprint density at radius 3 is 2.75 bits per heavy atom. The third-order valence-electron chi connectivity index (χ3n) is 4.98. The first-order valence-corrected chi connectivity index (χ1v) is 7.59. The summed E-state index contributed by atoms with van der Waals surface area (Å²) in [5.74, 6) is 6.62. The summed E-state index contributed by atoms with van der Waals surface area (Å²) in [4.78, 5) is 0. The van der Waals surface area contributed by atoms with Crippen molar-refractivity contribution in [1.82, 2.24) is 15.2 Å². The quantitative estimate of drug-likeness (QED) is 0.616. The van der Waals surface area contributed by atoms with Crippen LogP contribution in [0, 0.1) is 5.92 Å². The van der Waals surface area contributed by atoms with E-state index >= 15 is 0 Å². The van der Waals surface area contributed by atoms with Crippen LogP contribution in [0.2, 0.25) is 0 Å². The molecule has 0 saturated heterocycles. The smallest absolute Gasteiger partial charge is 0.0844 e. The van der Waals surface area contributed by atoms with Gasteiger partial charge < -0.3 is 4.74 Å². The second-order valence-electron chi connectivity index (χ2n) is 6.16. The number of hydrogen-bond acceptors (Lipinski definition) is 4. The Labute approximate surface area is 121 Å². The maximum atomic E-state index is 5.92. The highest BCUT2D eigenvalue weighted by atomic mass is 16.5. The van der Waals surface area contributed by atoms with Crippen molar-refractivity contribution in [3.63, 3.8) is 0 Å². The standard InChI is InChI=1S/C15H28N4O/c1-12-6-9-15(20-3,10-7-12)14(18-16)5-4-13-8-11-17-19(13)2/h8,11-12,14,18H,4-7,9-10,16H2,1-3H3. The molecule has 1 aromatic rings. The SMILES string of the molecule is COC1(C(CCc2ccnn2C)NN)CCC(C)CC1. The van der Waals surface area contributed by atoms with Crippen LogP contribution < -0.4 is 11.3 Å². The molecular weight excluding hydrogens is 252 g/mol. The van der Waals surface area contributed by atoms with Gasteiger partial charge in [-0.25, -0.2) is 0 Å². The summed E-state index contributed by atoms with van der Waals surface area (Å²) in [6.07, 6.45) is 8.39. The number of nitrogens with two attached hydrogens (primary N) is 1. The van der Waals surface area contributed by atoms with Gasteiger partial charge in [-0.15, -0.1) is 0 Å². The van der Waals surface area contributed by atoms with Gasteiger partial charge in [-0.05, 0) is 50.5 Å². The molecule has 1 aromatic heterocycles. The number of rotatable bonds is 6. The lowest BCUT2D eigenvalue weighted by atomic mass is 9.74. The molecule has 0 aromatic carbocycles. The van der Waals surface area contributed by atoms with E-state index in [0.717, 1.165) is 31.6 Å². The summed E-state index contributed by atoms with van der Waals surface area (Å²) in [5, 5.41) is 4.21. The number of nitrogens with one attached hydrogen (secondary N) is 1. The Balaban J connectivity index is 2.00. The molecule has 1 aliphatic rings. The topological polar surface area (TPSA) is 65.1 Å². The van der Waals surface area contributed by atoms with Crippen LogP contribution in [0.3, 0.4) is 0 Å². The zero-order chi connectivity index (χ0) is 14.6. The number of hydrazine groups is 1. The summed E-state index contributed by atoms with van der Waals surface area (Å²) >= 11 is 0. The van der Waals surface area contributed by atoms with E-state index in [0.29, 0.717) is 0 Å². The van der Waals surface area contributed by atoms with Crippen molar-refractivity contribution < 1.29 is 4.74 Å². The second-order valence-corrected chi connectivity index (χ2v) is 6.16. The molecule has 0 aliphatic heterocycles. The fraction of sp³-hybridized carbons (Fsp3) is 0.800. The highest BCUT2D eigenvalue weighted by molar-refractivity contribution is 5.03. The Hall–Kier alpha value is -0.910. The minimum absolute atomic E-state index is 0.111. The highest BCUT2D eigenvalue weighted by Crippen LogP contribution is 2.37. The first-order chi connectivity index (χ1) is 9.61. The van der Waals surface area contributed by atoms with Crippen LogP contribution >= 0.6 is 0 Å². The van der Waals surface area contributed by atoms with Gasteiger partial charge in [0.25, 0.3) is 0 Å². The van der Waals surface area contributed by atoms with Crippen molar-refractivity contribution in [2.75, 3.05) is 7.11 Å². The minimum Gasteiger partial charge on any atom is -0.377 e. The van der Waals surface area contributed by atoms with Crippen LogP contribution in [0.15, 0.2) is 12.3 Å². The predicted octanol–water partition coefficient (Wildman–Crippen LogP) is 1.78. The van der Waals surface area contributed by atoms with Crippen LogP contribution in [0.5, 0.6) is 0 Å². The van der Waals surface area contributed by atoms with Gasteiger partial charge in [0.1, 0.15) is 0 Å². The van der Waals surface area contributed by atoms with Gasteiger partial charge in [0, 0.05) is 26.0 Å². The van der Waals surface area contributed by atoms with Gasteiger partial charge >= 0.3 is 0 Å². The normalized spacial score (nSPS) is 28.5. The van der Waals surface area contributed by atoms with Crippen LogP contribution in [0.4, 0.5) is 0 Å². The Kier molecular flexibility index (Phi) is 5.18. The van der Waals surface area contributed by atoms with Gasteiger partial charge in [0.05, 0.1) is 11.6 Å². The van der Waals surface area contributed by atoms with Gasteiger partial charge in [-0.1, -0.05) is 6.92 Å². The largest absolute Gasteiger partial charge is 0.377 e. The number of aromatic nitrogens is 2. The van der Waals surface area contributed by atoms with E-state index in [1.54, 1.807) is 0 Å². The first kappa shape index (κ1) is 15.5. The number of nitrogens with zero attached hydrogens (tertiary/aromatic N) is 2. The van der Waals surface area contributed by atoms with Crippen molar-refractivity contribution in [1.29, 1.82) is 0 Å². The number of aryl methyl sites for hydroxylation is 2. The van der Waals surface area contributed by atoms with Gasteiger partial charge in [-0.3, -0.25) is 16.0 Å². The molecule has 0 radical (unpaired) electrons. The maximum absolute atomic E-state index is 5.92. The minimum atomic E-state index is -0.111. The molecule has 1 fully saturated rings. The molecule has 0 spiro atoms. The lowest BCUT2D eigenvalue weighted by molar-refractivity contribution is -0.0765. The Morgan fingerprint density at radius 2 is 2.25 bits per heavy atom. The summed E-state index contributed by atoms with van der Waals surface area (Å²) in [6.45, 7) is 2.32. The fourth-order valence-corrected chi connectivity index (χ4v) is 3.38. The molecule has 1 saturated carbocycles. The van der Waals surface area contributed by atoms with E-state index in [2.05, 4.69) is 23.5 Å². The molecule has 2 rings (SSSR count). The predicted molar refractivity (Wildman–Crippen MR) is 80.0 cm³/mol. The molecule has 20 heavy (non-hydrogen) atoms. The van der Waals surface area contributed by atoms with Crippen LogP contribution in [-0.4, -0.2) is 28.5 Å². The zero-order valence-electron chi connectivity index (χ0n) is 12.9. The molecule has 5 heteroatoms. The van der Waals surface area contributed by atoms with E-state index in [4.69, 9.17) is 10.6 Å². The molecular formula is C15H28N4O. The monoisotopic (exact) mass is 280 g/mol. The van der Waals surface area contributed by atoms with E-state index < -0.39 is 0 Å². The summed E-state index contributed by atoms with van der Waals surface area (Å²) < 4.78 is 7.84. The third-order valence-corrected chi connectivity index (χ3v) is 4.98. The van der Waals surface area contributed by atoms with E-state index in [1.165, 1.54) is 18.5 Å². The second kappa shape index (κ2) is 6.70. The lowest BCUT2D eigenvalue weighted by Gasteiger charge is -2.43. The number of methoxy groups -OCH3 is 1. The molecule has 0 amide bonds. The first-order valence-electron chi connectivity index (χ1n) is 7.59. The summed E-state index contributed by atoms with van der Waals surface area (Å²) in [7, 11) is 3.80. The van der Waals surface area contributed by atoms with Crippen LogP contribution in [0.1, 0.15) is 44.7 Å². The zero-order valence-corrected chi connectivity index (χ0v) is 12.9. The molecule has 5 nitrogen and oxygen atoms in total. The average molecular weight is 280 g/mol. The van der Waals surface area contributed by atoms with Crippen LogP contribution in [-0.2, 0) is 18.2 Å². The Bertz CT molecular complexity index is 410. The van der Waals surface area contributed by atoms with Gasteiger partial charge in [0.2, 0.25) is 0 Å². The molecule has 1 unspecified atom stereocenters. The average Bonchev–Trinajstić information content (AvgIpc) is 2.87. The van der Waals surface area contributed by atoms with Crippen molar-refractivity contribution >= 4 is 0 Å². The van der Waals surface area contributed by atoms with Crippen molar-refractivity contribution in [3.8, 4) is 0 Å². The maximum Gasteiger partial charge on any atom is 0.0844 e. The van der Waals surface area contributed by atoms with E-state index in [1.807, 2.05) is 25.0 Å². The summed E-state index contributed by atoms with van der Waals surface area (Å²) in [6, 6.07) is 2.26. The van der Waals surface area contributed by atoms with Gasteiger partial charge in [0.15, 0.2) is 0 Å². The number of hydrogen-bond donors (Lipinski definition) is 2. The van der Waals surface area contributed by atoms with Crippen LogP contribution in [0.25, 0.3) is 0 Å². The molecule has 0 bridgehead atoms. The molecule has 1 heterocycles. The van der Waals surface area contributed by atoms with E-state index in [9.17, 15) is 0 Å². The molecule has 1 atom stereocenters. The van der Waals surface area contributed by atoms with Crippen molar-refractivity contribution in [2.45, 2.75) is 57.1 Å². The summed E-state index contributed by atoms with van der Waals surface area (Å²) in [5.41, 5.74) is 4.13. The lowest BCUT2D eigenvalue weighted by Crippen LogP contribution is -2.56. The Morgan fingerprint density at radius 1 is 1.55 bits per heavy atom. The molecule has 3 N–H and O–H groups in total. The number of ether oxygens (including phenoxy) is 1. The van der Waals surface area contributed by atoms with Crippen molar-refractivity contribution in [3.05, 3.63) is 18.0 Å². The fourth-order valence-electron chi connectivity index (χ4n) is 3.38.